The third-order valence-corrected chi connectivity index (χ3v) is 5.81. The van der Waals surface area contributed by atoms with Crippen molar-refractivity contribution in [3.8, 4) is 0 Å². The highest BCUT2D eigenvalue weighted by molar-refractivity contribution is 5.84. The monoisotopic (exact) mass is 359 g/mol. The number of carbonyl (C=O) groups excluding carboxylic acids is 2. The number of rotatable bonds is 7. The first kappa shape index (κ1) is 20.3. The van der Waals surface area contributed by atoms with Crippen molar-refractivity contribution in [3.05, 3.63) is 35.9 Å². The van der Waals surface area contributed by atoms with Gasteiger partial charge in [-0.15, -0.1) is 0 Å². The molecule has 0 atom stereocenters. The fourth-order valence-electron chi connectivity index (χ4n) is 3.59. The Morgan fingerprint density at radius 1 is 1.04 bits per heavy atom. The molecule has 0 saturated heterocycles. The number of amides is 3. The number of benzene rings is 1. The van der Waals surface area contributed by atoms with Gasteiger partial charge in [0.15, 0.2) is 0 Å². The summed E-state index contributed by atoms with van der Waals surface area (Å²) >= 11 is 0. The molecule has 0 bridgehead atoms. The highest BCUT2D eigenvalue weighted by atomic mass is 16.2. The quantitative estimate of drug-likeness (QED) is 0.696. The first-order chi connectivity index (χ1) is 12.4. The molecule has 0 unspecified atom stereocenters. The van der Waals surface area contributed by atoms with Crippen molar-refractivity contribution in [3.63, 3.8) is 0 Å². The molecule has 5 heteroatoms. The molecule has 1 aliphatic carbocycles. The molecule has 1 fully saturated rings. The summed E-state index contributed by atoms with van der Waals surface area (Å²) in [7, 11) is 0. The molecule has 2 rings (SSSR count). The van der Waals surface area contributed by atoms with Crippen LogP contribution in [-0.2, 0) is 11.3 Å². The molecule has 0 aromatic heterocycles. The second-order valence-electron chi connectivity index (χ2n) is 7.98. The van der Waals surface area contributed by atoms with E-state index >= 15 is 0 Å². The molecule has 1 aromatic rings. The summed E-state index contributed by atoms with van der Waals surface area (Å²) in [5, 5.41) is 8.44. The van der Waals surface area contributed by atoms with Crippen LogP contribution in [-0.4, -0.2) is 24.5 Å². The third kappa shape index (κ3) is 6.36. The summed E-state index contributed by atoms with van der Waals surface area (Å²) in [6.07, 6.45) is 5.57. The predicted molar refractivity (Wildman–Crippen MR) is 105 cm³/mol. The fraction of sp³-hybridized carbons (Fsp3) is 0.619. The van der Waals surface area contributed by atoms with Gasteiger partial charge in [-0.3, -0.25) is 4.79 Å². The first-order valence-electron chi connectivity index (χ1n) is 9.75. The second kappa shape index (κ2) is 9.60. The van der Waals surface area contributed by atoms with E-state index in [2.05, 4.69) is 36.7 Å². The standard InChI is InChI=1S/C21H33N3O2/c1-4-21(2,3)17-10-12-18(13-11-17)24-19(25)15-23-20(26)22-14-16-8-6-5-7-9-16/h5-9,17-18H,4,10-15H2,1-3H3,(H,24,25)(H2,22,23,26). The van der Waals surface area contributed by atoms with Gasteiger partial charge in [0.05, 0.1) is 6.54 Å². The lowest BCUT2D eigenvalue weighted by molar-refractivity contribution is -0.121. The largest absolute Gasteiger partial charge is 0.352 e. The molecular weight excluding hydrogens is 326 g/mol. The fourth-order valence-corrected chi connectivity index (χ4v) is 3.59. The molecule has 0 aliphatic heterocycles. The summed E-state index contributed by atoms with van der Waals surface area (Å²) in [5.41, 5.74) is 1.41. The number of nitrogens with one attached hydrogen (secondary N) is 3. The normalized spacial score (nSPS) is 20.3. The van der Waals surface area contributed by atoms with Crippen LogP contribution in [0.15, 0.2) is 30.3 Å². The van der Waals surface area contributed by atoms with Gasteiger partial charge in [-0.25, -0.2) is 4.79 Å². The van der Waals surface area contributed by atoms with Crippen LogP contribution in [0.5, 0.6) is 0 Å². The van der Waals surface area contributed by atoms with Gasteiger partial charge in [0.25, 0.3) is 0 Å². The van der Waals surface area contributed by atoms with E-state index in [-0.39, 0.29) is 24.5 Å². The van der Waals surface area contributed by atoms with E-state index in [1.54, 1.807) is 0 Å². The van der Waals surface area contributed by atoms with Gasteiger partial charge >= 0.3 is 6.03 Å². The number of hydrogen-bond acceptors (Lipinski definition) is 2. The van der Waals surface area contributed by atoms with Gasteiger partial charge < -0.3 is 16.0 Å². The van der Waals surface area contributed by atoms with Crippen LogP contribution >= 0.6 is 0 Å². The number of urea groups is 1. The lowest BCUT2D eigenvalue weighted by Crippen LogP contribution is -2.46. The van der Waals surface area contributed by atoms with E-state index in [4.69, 9.17) is 0 Å². The Hall–Kier alpha value is -2.04. The Bertz CT molecular complexity index is 578. The Morgan fingerprint density at radius 3 is 2.31 bits per heavy atom. The van der Waals surface area contributed by atoms with E-state index < -0.39 is 0 Å². The summed E-state index contributed by atoms with van der Waals surface area (Å²) in [5.74, 6) is 0.626. The van der Waals surface area contributed by atoms with Crippen molar-refractivity contribution in [2.75, 3.05) is 6.54 Å². The topological polar surface area (TPSA) is 70.2 Å². The third-order valence-electron chi connectivity index (χ3n) is 5.81. The van der Waals surface area contributed by atoms with Crippen LogP contribution in [0.3, 0.4) is 0 Å². The molecule has 26 heavy (non-hydrogen) atoms. The van der Waals surface area contributed by atoms with E-state index in [1.807, 2.05) is 30.3 Å². The molecule has 3 amide bonds. The van der Waals surface area contributed by atoms with Gasteiger partial charge in [-0.2, -0.15) is 0 Å². The van der Waals surface area contributed by atoms with Gasteiger partial charge in [-0.05, 0) is 42.6 Å². The van der Waals surface area contributed by atoms with Crippen LogP contribution in [0, 0.1) is 11.3 Å². The van der Waals surface area contributed by atoms with Crippen molar-refractivity contribution in [1.82, 2.24) is 16.0 Å². The van der Waals surface area contributed by atoms with Crippen molar-refractivity contribution >= 4 is 11.9 Å². The minimum absolute atomic E-state index is 0.0149. The molecule has 1 aromatic carbocycles. The van der Waals surface area contributed by atoms with Crippen LogP contribution in [0.25, 0.3) is 0 Å². The molecule has 0 spiro atoms. The second-order valence-corrected chi connectivity index (χ2v) is 7.98. The maximum absolute atomic E-state index is 12.1. The molecule has 0 heterocycles. The van der Waals surface area contributed by atoms with E-state index in [0.717, 1.165) is 37.2 Å². The van der Waals surface area contributed by atoms with Gasteiger partial charge in [0, 0.05) is 12.6 Å². The number of carbonyl (C=O) groups is 2. The Kier molecular flexibility index (Phi) is 7.49. The van der Waals surface area contributed by atoms with E-state index in [1.165, 1.54) is 6.42 Å². The maximum Gasteiger partial charge on any atom is 0.315 e. The average molecular weight is 360 g/mol. The Morgan fingerprint density at radius 2 is 1.69 bits per heavy atom. The zero-order chi connectivity index (χ0) is 19.0. The molecule has 1 aliphatic rings. The summed E-state index contributed by atoms with van der Waals surface area (Å²) in [6, 6.07) is 9.60. The highest BCUT2D eigenvalue weighted by Gasteiger charge is 2.32. The first-order valence-corrected chi connectivity index (χ1v) is 9.75. The molecular formula is C21H33N3O2. The molecule has 0 radical (unpaired) electrons. The number of hydrogen-bond donors (Lipinski definition) is 3. The predicted octanol–water partition coefficient (Wildman–Crippen LogP) is 3.60. The lowest BCUT2D eigenvalue weighted by atomic mass is 9.69. The molecule has 1 saturated carbocycles. The highest BCUT2D eigenvalue weighted by Crippen LogP contribution is 2.40. The van der Waals surface area contributed by atoms with Gasteiger partial charge in [0.2, 0.25) is 5.91 Å². The minimum atomic E-state index is -0.322. The van der Waals surface area contributed by atoms with E-state index in [9.17, 15) is 9.59 Å². The zero-order valence-electron chi connectivity index (χ0n) is 16.3. The minimum Gasteiger partial charge on any atom is -0.352 e. The summed E-state index contributed by atoms with van der Waals surface area (Å²) < 4.78 is 0. The Balaban J connectivity index is 1.62. The molecule has 5 nitrogen and oxygen atoms in total. The van der Waals surface area contributed by atoms with Crippen molar-refractivity contribution in [2.24, 2.45) is 11.3 Å². The molecule has 144 valence electrons. The summed E-state index contributed by atoms with van der Waals surface area (Å²) in [6.45, 7) is 7.40. The van der Waals surface area contributed by atoms with E-state index in [0.29, 0.717) is 12.0 Å². The zero-order valence-corrected chi connectivity index (χ0v) is 16.3. The van der Waals surface area contributed by atoms with Gasteiger partial charge in [0.1, 0.15) is 0 Å². The smallest absolute Gasteiger partial charge is 0.315 e. The SMILES string of the molecule is CCC(C)(C)C1CCC(NC(=O)CNC(=O)NCc2ccccc2)CC1. The van der Waals surface area contributed by atoms with Crippen LogP contribution in [0.1, 0.15) is 58.4 Å². The summed E-state index contributed by atoms with van der Waals surface area (Å²) in [4.78, 5) is 23.9. The maximum atomic E-state index is 12.1. The van der Waals surface area contributed by atoms with Crippen LogP contribution in [0.2, 0.25) is 0 Å². The van der Waals surface area contributed by atoms with Crippen molar-refractivity contribution in [2.45, 2.75) is 65.5 Å². The van der Waals surface area contributed by atoms with Gasteiger partial charge in [-0.1, -0.05) is 57.5 Å². The van der Waals surface area contributed by atoms with Crippen molar-refractivity contribution in [1.29, 1.82) is 0 Å². The van der Waals surface area contributed by atoms with Crippen molar-refractivity contribution < 1.29 is 9.59 Å². The van der Waals surface area contributed by atoms with Crippen LogP contribution < -0.4 is 16.0 Å². The Labute approximate surface area is 157 Å². The molecule has 3 N–H and O–H groups in total. The average Bonchev–Trinajstić information content (AvgIpc) is 2.66. The van der Waals surface area contributed by atoms with Crippen LogP contribution in [0.4, 0.5) is 4.79 Å². The lowest BCUT2D eigenvalue weighted by Gasteiger charge is -2.39.